The number of carbonyl (C=O) groups excluding carboxylic acids is 2. The minimum absolute atomic E-state index is 0.0276. The van der Waals surface area contributed by atoms with Gasteiger partial charge in [-0.05, 0) is 53.3 Å². The van der Waals surface area contributed by atoms with E-state index in [-0.39, 0.29) is 16.9 Å². The summed E-state index contributed by atoms with van der Waals surface area (Å²) in [4.78, 5) is 33.5. The largest absolute Gasteiger partial charge is 0.507 e. The van der Waals surface area contributed by atoms with E-state index in [0.29, 0.717) is 21.8 Å². The van der Waals surface area contributed by atoms with E-state index < -0.39 is 17.7 Å². The van der Waals surface area contributed by atoms with Gasteiger partial charge in [0.25, 0.3) is 5.78 Å². The Kier molecular flexibility index (Phi) is 6.13. The van der Waals surface area contributed by atoms with Crippen molar-refractivity contribution in [3.63, 3.8) is 0 Å². The van der Waals surface area contributed by atoms with Crippen LogP contribution in [0.3, 0.4) is 0 Å². The van der Waals surface area contributed by atoms with Crippen LogP contribution in [-0.4, -0.2) is 28.9 Å². The number of Topliss-reactive ketones (excluding diaryl/α,β-unsaturated/α-hetero) is 1. The minimum Gasteiger partial charge on any atom is -0.507 e. The number of methoxy groups -OCH3 is 1. The fraction of sp³-hybridized carbons (Fsp3) is 0.192. The first-order chi connectivity index (χ1) is 16.8. The zero-order valence-corrected chi connectivity index (χ0v) is 21.5. The van der Waals surface area contributed by atoms with Crippen LogP contribution in [0.5, 0.6) is 5.75 Å². The fourth-order valence-corrected chi connectivity index (χ4v) is 6.18. The van der Waals surface area contributed by atoms with Gasteiger partial charge in [0.2, 0.25) is 0 Å². The number of aliphatic hydroxyl groups is 1. The summed E-state index contributed by atoms with van der Waals surface area (Å²) in [6, 6.07) is 13.6. The predicted octanol–water partition coefficient (Wildman–Crippen LogP) is 6.77. The molecule has 2 aromatic heterocycles. The van der Waals surface area contributed by atoms with Crippen LogP contribution in [0.15, 0.2) is 59.5 Å². The van der Waals surface area contributed by atoms with Crippen molar-refractivity contribution in [3.05, 3.63) is 80.5 Å². The van der Waals surface area contributed by atoms with Gasteiger partial charge >= 0.3 is 5.91 Å². The highest BCUT2D eigenvalue weighted by Crippen LogP contribution is 2.46. The third-order valence-corrected chi connectivity index (χ3v) is 8.12. The zero-order valence-electron chi connectivity index (χ0n) is 19.1. The molecule has 5 rings (SSSR count). The van der Waals surface area contributed by atoms with Crippen molar-refractivity contribution in [3.8, 4) is 5.75 Å². The smallest absolute Gasteiger partial charge is 0.301 e. The van der Waals surface area contributed by atoms with E-state index in [1.165, 1.54) is 40.7 Å². The molecule has 178 valence electrons. The zero-order chi connectivity index (χ0) is 24.9. The Morgan fingerprint density at radius 1 is 1.17 bits per heavy atom. The van der Waals surface area contributed by atoms with Crippen LogP contribution >= 0.6 is 34.3 Å². The molecule has 0 bridgehead atoms. The van der Waals surface area contributed by atoms with Crippen LogP contribution < -0.4 is 9.64 Å². The summed E-state index contributed by atoms with van der Waals surface area (Å²) in [6.45, 7) is 4.23. The third-order valence-electron chi connectivity index (χ3n) is 5.95. The maximum absolute atomic E-state index is 13.4. The lowest BCUT2D eigenvalue weighted by atomic mass is 9.99. The summed E-state index contributed by atoms with van der Waals surface area (Å²) in [5.41, 5.74) is 2.13. The number of halogens is 1. The van der Waals surface area contributed by atoms with Gasteiger partial charge in [-0.25, -0.2) is 4.98 Å². The van der Waals surface area contributed by atoms with E-state index in [2.05, 4.69) is 24.9 Å². The van der Waals surface area contributed by atoms with E-state index >= 15 is 0 Å². The molecule has 6 nitrogen and oxygen atoms in total. The molecule has 4 aromatic rings. The van der Waals surface area contributed by atoms with Gasteiger partial charge in [0.15, 0.2) is 5.13 Å². The molecular formula is C26H21ClN2O4S2. The minimum atomic E-state index is -0.830. The second kappa shape index (κ2) is 9.11. The maximum Gasteiger partial charge on any atom is 0.301 e. The van der Waals surface area contributed by atoms with Crippen LogP contribution in [-0.2, 0) is 9.59 Å². The van der Waals surface area contributed by atoms with Crippen LogP contribution in [0.1, 0.15) is 41.8 Å². The molecule has 0 radical (unpaired) electrons. The van der Waals surface area contributed by atoms with E-state index in [4.69, 9.17) is 16.3 Å². The molecule has 1 unspecified atom stereocenters. The Labute approximate surface area is 215 Å². The molecule has 1 aliphatic rings. The number of rotatable bonds is 5. The standard InChI is InChI=1S/C26H21ClN2O4S2/c1-13(2)14-6-8-17-20(11-14)35-26(28-17)29-22(19-5-4-10-34-19)21(24(31)25(29)32)23(30)16-12-15(27)7-9-18(16)33-3/h4-13,22,30H,1-3H3/b23-21+. The van der Waals surface area contributed by atoms with Crippen LogP contribution in [0.4, 0.5) is 5.13 Å². The first-order valence-electron chi connectivity index (χ1n) is 10.9. The molecule has 0 aliphatic carbocycles. The molecular weight excluding hydrogens is 504 g/mol. The number of carbonyl (C=O) groups is 2. The summed E-state index contributed by atoms with van der Waals surface area (Å²) >= 11 is 8.91. The number of hydrogen-bond acceptors (Lipinski definition) is 7. The number of thiophene rings is 1. The second-order valence-corrected chi connectivity index (χ2v) is 10.8. The summed E-state index contributed by atoms with van der Waals surface area (Å²) in [5, 5.41) is 14.0. The summed E-state index contributed by atoms with van der Waals surface area (Å²) in [6.07, 6.45) is 0. The number of benzene rings is 2. The van der Waals surface area contributed by atoms with Gasteiger partial charge in [-0.1, -0.05) is 48.9 Å². The Bertz CT molecular complexity index is 1490. The average Bonchev–Trinajstić information content (AvgIpc) is 3.56. The van der Waals surface area contributed by atoms with Gasteiger partial charge in [-0.2, -0.15) is 0 Å². The number of ether oxygens (including phenoxy) is 1. The number of amides is 1. The molecule has 0 saturated carbocycles. The Hall–Kier alpha value is -3.20. The van der Waals surface area contributed by atoms with Crippen LogP contribution in [0, 0.1) is 0 Å². The van der Waals surface area contributed by atoms with Gasteiger partial charge < -0.3 is 9.84 Å². The highest BCUT2D eigenvalue weighted by Gasteiger charge is 2.48. The molecule has 1 atom stereocenters. The van der Waals surface area contributed by atoms with E-state index in [9.17, 15) is 14.7 Å². The molecule has 2 aromatic carbocycles. The number of hydrogen-bond donors (Lipinski definition) is 1. The maximum atomic E-state index is 13.4. The van der Waals surface area contributed by atoms with Crippen molar-refractivity contribution in [1.82, 2.24) is 4.98 Å². The van der Waals surface area contributed by atoms with Crippen molar-refractivity contribution < 1.29 is 19.4 Å². The molecule has 1 aliphatic heterocycles. The van der Waals surface area contributed by atoms with Crippen LogP contribution in [0.2, 0.25) is 5.02 Å². The predicted molar refractivity (Wildman–Crippen MR) is 141 cm³/mol. The van der Waals surface area contributed by atoms with Crippen molar-refractivity contribution >= 4 is 67.1 Å². The molecule has 3 heterocycles. The fourth-order valence-electron chi connectivity index (χ4n) is 4.15. The number of thiazole rings is 1. The molecule has 1 N–H and O–H groups in total. The lowest BCUT2D eigenvalue weighted by Gasteiger charge is -2.21. The summed E-state index contributed by atoms with van der Waals surface area (Å²) in [7, 11) is 1.46. The molecule has 1 amide bonds. The molecule has 1 saturated heterocycles. The summed E-state index contributed by atoms with van der Waals surface area (Å²) in [5.74, 6) is -1.19. The quantitative estimate of drug-likeness (QED) is 0.177. The number of aliphatic hydroxyl groups excluding tert-OH is 1. The third kappa shape index (κ3) is 4.01. The lowest BCUT2D eigenvalue weighted by molar-refractivity contribution is -0.132. The normalized spacial score (nSPS) is 17.6. The first kappa shape index (κ1) is 23.5. The van der Waals surface area contributed by atoms with Gasteiger partial charge in [0.05, 0.1) is 28.5 Å². The molecule has 1 fully saturated rings. The number of nitrogens with zero attached hydrogens (tertiary/aromatic N) is 2. The van der Waals surface area contributed by atoms with Crippen LogP contribution in [0.25, 0.3) is 16.0 Å². The van der Waals surface area contributed by atoms with E-state index in [0.717, 1.165) is 20.7 Å². The Morgan fingerprint density at radius 3 is 2.66 bits per heavy atom. The van der Waals surface area contributed by atoms with Crippen molar-refractivity contribution in [2.45, 2.75) is 25.8 Å². The number of ketones is 1. The Balaban J connectivity index is 1.71. The van der Waals surface area contributed by atoms with Crippen molar-refractivity contribution in [1.29, 1.82) is 0 Å². The van der Waals surface area contributed by atoms with E-state index in [1.807, 2.05) is 29.6 Å². The topological polar surface area (TPSA) is 79.7 Å². The molecule has 0 spiro atoms. The van der Waals surface area contributed by atoms with Gasteiger partial charge in [-0.15, -0.1) is 11.3 Å². The number of anilines is 1. The average molecular weight is 525 g/mol. The molecule has 35 heavy (non-hydrogen) atoms. The van der Waals surface area contributed by atoms with Gasteiger partial charge in [0.1, 0.15) is 17.6 Å². The summed E-state index contributed by atoms with van der Waals surface area (Å²) < 4.78 is 6.31. The lowest BCUT2D eigenvalue weighted by Crippen LogP contribution is -2.28. The van der Waals surface area contributed by atoms with Gasteiger partial charge in [-0.3, -0.25) is 14.5 Å². The highest BCUT2D eigenvalue weighted by molar-refractivity contribution is 7.22. The Morgan fingerprint density at radius 2 is 1.97 bits per heavy atom. The van der Waals surface area contributed by atoms with E-state index in [1.54, 1.807) is 12.1 Å². The second-order valence-electron chi connectivity index (χ2n) is 8.41. The SMILES string of the molecule is COc1ccc(Cl)cc1/C(O)=C1\C(=O)C(=O)N(c2nc3ccc(C(C)C)cc3s2)C1c1cccs1. The number of fused-ring (bicyclic) bond motifs is 1. The molecule has 9 heteroatoms. The highest BCUT2D eigenvalue weighted by atomic mass is 35.5. The first-order valence-corrected chi connectivity index (χ1v) is 13.0. The number of aromatic nitrogens is 1. The monoisotopic (exact) mass is 524 g/mol. The van der Waals surface area contributed by atoms with Crippen molar-refractivity contribution in [2.75, 3.05) is 12.0 Å². The van der Waals surface area contributed by atoms with Crippen molar-refractivity contribution in [2.24, 2.45) is 0 Å². The van der Waals surface area contributed by atoms with Gasteiger partial charge in [0, 0.05) is 9.90 Å².